The van der Waals surface area contributed by atoms with Gasteiger partial charge in [-0.25, -0.2) is 8.42 Å². The maximum atomic E-state index is 11.9. The molecule has 0 aromatic heterocycles. The molecule has 0 unspecified atom stereocenters. The van der Waals surface area contributed by atoms with Crippen molar-refractivity contribution in [2.45, 2.75) is 16.6 Å². The average Bonchev–Trinajstić information content (AvgIpc) is 2.98. The van der Waals surface area contributed by atoms with Crippen molar-refractivity contribution in [3.05, 3.63) is 30.3 Å². The van der Waals surface area contributed by atoms with Crippen LogP contribution in [-0.2, 0) is 9.84 Å². The van der Waals surface area contributed by atoms with Crippen LogP contribution in [0.4, 0.5) is 0 Å². The van der Waals surface area contributed by atoms with E-state index in [9.17, 15) is 8.42 Å². The number of aliphatic hydroxyl groups is 1. The minimum Gasteiger partial charge on any atom is -0.396 e. The van der Waals surface area contributed by atoms with Crippen LogP contribution in [0.1, 0.15) is 6.42 Å². The minimum atomic E-state index is -3.19. The first-order valence-electron chi connectivity index (χ1n) is 4.56. The van der Waals surface area contributed by atoms with E-state index in [1.807, 2.05) is 0 Å². The van der Waals surface area contributed by atoms with Crippen molar-refractivity contribution in [2.75, 3.05) is 6.61 Å². The van der Waals surface area contributed by atoms with Crippen LogP contribution >= 0.6 is 0 Å². The Hall–Kier alpha value is -0.870. The normalized spacial score (nSPS) is 26.1. The van der Waals surface area contributed by atoms with Gasteiger partial charge >= 0.3 is 0 Å². The van der Waals surface area contributed by atoms with Gasteiger partial charge in [-0.1, -0.05) is 18.2 Å². The van der Waals surface area contributed by atoms with Crippen LogP contribution in [0, 0.1) is 5.92 Å². The Labute approximate surface area is 83.3 Å². The zero-order valence-corrected chi connectivity index (χ0v) is 8.44. The Kier molecular flexibility index (Phi) is 2.33. The molecule has 1 fully saturated rings. The van der Waals surface area contributed by atoms with Crippen LogP contribution in [0.2, 0.25) is 0 Å². The molecule has 0 aliphatic heterocycles. The molecular weight excluding hydrogens is 200 g/mol. The summed E-state index contributed by atoms with van der Waals surface area (Å²) in [4.78, 5) is 0.362. The van der Waals surface area contributed by atoms with Gasteiger partial charge in [0.25, 0.3) is 0 Å². The predicted octanol–water partition coefficient (Wildman–Crippen LogP) is 0.841. The minimum absolute atomic E-state index is 0.0310. The van der Waals surface area contributed by atoms with Gasteiger partial charge < -0.3 is 5.11 Å². The summed E-state index contributed by atoms with van der Waals surface area (Å²) in [7, 11) is -3.19. The maximum absolute atomic E-state index is 11.9. The number of benzene rings is 1. The molecule has 0 radical (unpaired) electrons. The molecule has 1 aliphatic carbocycles. The second kappa shape index (κ2) is 3.37. The summed E-state index contributed by atoms with van der Waals surface area (Å²) in [5, 5.41) is 8.46. The van der Waals surface area contributed by atoms with Gasteiger partial charge in [-0.2, -0.15) is 0 Å². The van der Waals surface area contributed by atoms with Crippen molar-refractivity contribution in [1.82, 2.24) is 0 Å². The van der Waals surface area contributed by atoms with Gasteiger partial charge in [-0.3, -0.25) is 0 Å². The maximum Gasteiger partial charge on any atom is 0.181 e. The van der Waals surface area contributed by atoms with E-state index in [1.54, 1.807) is 30.3 Å². The summed E-state index contributed by atoms with van der Waals surface area (Å²) >= 11 is 0. The Bertz CT molecular complexity index is 410. The summed E-state index contributed by atoms with van der Waals surface area (Å²) in [5.74, 6) is -0.0554. The lowest BCUT2D eigenvalue weighted by Gasteiger charge is -2.01. The topological polar surface area (TPSA) is 54.4 Å². The Morgan fingerprint density at radius 1 is 1.29 bits per heavy atom. The van der Waals surface area contributed by atoms with Gasteiger partial charge in [-0.15, -0.1) is 0 Å². The lowest BCUT2D eigenvalue weighted by atomic mass is 10.4. The standard InChI is InChI=1S/C10H12O3S/c11-7-8-6-10(8)14(12,13)9-4-2-1-3-5-9/h1-5,8,10-11H,6-7H2/t8-,10-/m1/s1. The molecular formula is C10H12O3S. The fourth-order valence-electron chi connectivity index (χ4n) is 1.58. The number of aliphatic hydroxyl groups excluding tert-OH is 1. The van der Waals surface area contributed by atoms with Crippen molar-refractivity contribution in [2.24, 2.45) is 5.92 Å². The average molecular weight is 212 g/mol. The highest BCUT2D eigenvalue weighted by Crippen LogP contribution is 2.39. The first kappa shape index (κ1) is 9.68. The van der Waals surface area contributed by atoms with Gasteiger partial charge in [-0.05, 0) is 18.6 Å². The van der Waals surface area contributed by atoms with E-state index in [0.717, 1.165) is 0 Å². The smallest absolute Gasteiger partial charge is 0.181 e. The van der Waals surface area contributed by atoms with E-state index < -0.39 is 9.84 Å². The van der Waals surface area contributed by atoms with Crippen LogP contribution < -0.4 is 0 Å². The number of sulfone groups is 1. The van der Waals surface area contributed by atoms with Crippen LogP contribution in [0.25, 0.3) is 0 Å². The highest BCUT2D eigenvalue weighted by molar-refractivity contribution is 7.92. The van der Waals surface area contributed by atoms with E-state index in [2.05, 4.69) is 0 Å². The summed E-state index contributed by atoms with van der Waals surface area (Å²) in [6.07, 6.45) is 0.591. The molecule has 0 bridgehead atoms. The summed E-state index contributed by atoms with van der Waals surface area (Å²) in [5.41, 5.74) is 0. The van der Waals surface area contributed by atoms with Crippen molar-refractivity contribution in [3.8, 4) is 0 Å². The van der Waals surface area contributed by atoms with Crippen LogP contribution in [0.15, 0.2) is 35.2 Å². The second-order valence-electron chi connectivity index (χ2n) is 3.57. The molecule has 1 saturated carbocycles. The van der Waals surface area contributed by atoms with E-state index in [4.69, 9.17) is 5.11 Å². The molecule has 0 spiro atoms. The van der Waals surface area contributed by atoms with E-state index >= 15 is 0 Å². The summed E-state index contributed by atoms with van der Waals surface area (Å²) < 4.78 is 23.7. The zero-order chi connectivity index (χ0) is 10.2. The number of hydrogen-bond donors (Lipinski definition) is 1. The lowest BCUT2D eigenvalue weighted by Crippen LogP contribution is -2.10. The zero-order valence-electron chi connectivity index (χ0n) is 7.63. The highest BCUT2D eigenvalue weighted by atomic mass is 32.2. The molecule has 0 amide bonds. The highest BCUT2D eigenvalue weighted by Gasteiger charge is 2.47. The largest absolute Gasteiger partial charge is 0.396 e. The van der Waals surface area contributed by atoms with Gasteiger partial charge in [0.15, 0.2) is 9.84 Å². The molecule has 2 rings (SSSR count). The lowest BCUT2D eigenvalue weighted by molar-refractivity contribution is 0.277. The van der Waals surface area contributed by atoms with Crippen molar-refractivity contribution < 1.29 is 13.5 Å². The second-order valence-corrected chi connectivity index (χ2v) is 5.74. The number of hydrogen-bond acceptors (Lipinski definition) is 3. The first-order chi connectivity index (χ1) is 6.66. The molecule has 2 atom stereocenters. The van der Waals surface area contributed by atoms with Gasteiger partial charge in [0.2, 0.25) is 0 Å². The number of rotatable bonds is 3. The molecule has 3 nitrogen and oxygen atoms in total. The van der Waals surface area contributed by atoms with Crippen molar-refractivity contribution >= 4 is 9.84 Å². The fourth-order valence-corrected chi connectivity index (χ4v) is 3.56. The van der Waals surface area contributed by atoms with Crippen LogP contribution in [-0.4, -0.2) is 25.4 Å². The van der Waals surface area contributed by atoms with Gasteiger partial charge in [0, 0.05) is 12.5 Å². The monoisotopic (exact) mass is 212 g/mol. The molecule has 1 N–H and O–H groups in total. The molecule has 0 heterocycles. The molecule has 4 heteroatoms. The van der Waals surface area contributed by atoms with E-state index in [-0.39, 0.29) is 17.8 Å². The van der Waals surface area contributed by atoms with Crippen molar-refractivity contribution in [1.29, 1.82) is 0 Å². The molecule has 1 aliphatic rings. The van der Waals surface area contributed by atoms with E-state index in [0.29, 0.717) is 11.3 Å². The van der Waals surface area contributed by atoms with Crippen molar-refractivity contribution in [3.63, 3.8) is 0 Å². The van der Waals surface area contributed by atoms with E-state index in [1.165, 1.54) is 0 Å². The Morgan fingerprint density at radius 3 is 2.43 bits per heavy atom. The third-order valence-electron chi connectivity index (χ3n) is 2.56. The molecule has 0 saturated heterocycles. The quantitative estimate of drug-likeness (QED) is 0.807. The predicted molar refractivity (Wildman–Crippen MR) is 52.6 cm³/mol. The van der Waals surface area contributed by atoms with Crippen LogP contribution in [0.3, 0.4) is 0 Å². The Morgan fingerprint density at radius 2 is 1.93 bits per heavy atom. The fraction of sp³-hybridized carbons (Fsp3) is 0.400. The third-order valence-corrected chi connectivity index (χ3v) is 4.87. The van der Waals surface area contributed by atoms with Crippen LogP contribution in [0.5, 0.6) is 0 Å². The van der Waals surface area contributed by atoms with Gasteiger partial charge in [0.05, 0.1) is 10.1 Å². The summed E-state index contributed by atoms with van der Waals surface area (Å²) in [6.45, 7) is -0.0310. The molecule has 76 valence electrons. The Balaban J connectivity index is 2.27. The SMILES string of the molecule is O=S(=O)(c1ccccc1)[C@@H]1C[C@@H]1CO. The molecule has 1 aromatic rings. The first-order valence-corrected chi connectivity index (χ1v) is 6.10. The van der Waals surface area contributed by atoms with Gasteiger partial charge in [0.1, 0.15) is 0 Å². The third kappa shape index (κ3) is 1.55. The molecule has 14 heavy (non-hydrogen) atoms. The summed E-state index contributed by atoms with van der Waals surface area (Å²) in [6, 6.07) is 8.41. The molecule has 1 aromatic carbocycles.